The van der Waals surface area contributed by atoms with E-state index in [0.29, 0.717) is 31.6 Å². The Labute approximate surface area is 175 Å². The van der Waals surface area contributed by atoms with Gasteiger partial charge in [-0.1, -0.05) is 42.5 Å². The summed E-state index contributed by atoms with van der Waals surface area (Å²) in [6, 6.07) is 13.4. The van der Waals surface area contributed by atoms with Crippen LogP contribution in [0.2, 0.25) is 0 Å². The average Bonchev–Trinajstić information content (AvgIpc) is 3.05. The molecule has 1 saturated heterocycles. The van der Waals surface area contributed by atoms with Crippen molar-refractivity contribution in [1.29, 1.82) is 0 Å². The lowest BCUT2D eigenvalue weighted by atomic mass is 10.0. The van der Waals surface area contributed by atoms with Gasteiger partial charge in [0.2, 0.25) is 11.8 Å². The molecule has 0 aliphatic carbocycles. The van der Waals surface area contributed by atoms with E-state index < -0.39 is 6.04 Å². The van der Waals surface area contributed by atoms with Crippen LogP contribution in [0.1, 0.15) is 58.4 Å². The SMILES string of the molecule is C[C@@H](N)c1ccc(CNCc2cccc3c2C(=O)N(C2CCC(=O)NC2=O)C3)cc1. The second-order valence-corrected chi connectivity index (χ2v) is 7.99. The maximum atomic E-state index is 13.1. The number of imide groups is 1. The van der Waals surface area contributed by atoms with E-state index in [1.807, 2.05) is 37.3 Å². The zero-order valence-corrected chi connectivity index (χ0v) is 17.0. The number of nitrogens with two attached hydrogens (primary N) is 1. The number of piperidine rings is 1. The summed E-state index contributed by atoms with van der Waals surface area (Å²) in [5.41, 5.74) is 10.6. The van der Waals surface area contributed by atoms with Crippen LogP contribution >= 0.6 is 0 Å². The predicted molar refractivity (Wildman–Crippen MR) is 112 cm³/mol. The number of nitrogens with one attached hydrogen (secondary N) is 2. The van der Waals surface area contributed by atoms with E-state index in [2.05, 4.69) is 22.8 Å². The molecule has 4 N–H and O–H groups in total. The van der Waals surface area contributed by atoms with Crippen LogP contribution in [0.5, 0.6) is 0 Å². The number of benzene rings is 2. The Bertz CT molecular complexity index is 984. The number of nitrogens with zero attached hydrogens (tertiary/aromatic N) is 1. The summed E-state index contributed by atoms with van der Waals surface area (Å²) >= 11 is 0. The highest BCUT2D eigenvalue weighted by Crippen LogP contribution is 2.29. The predicted octanol–water partition coefficient (Wildman–Crippen LogP) is 1.76. The molecule has 4 rings (SSSR count). The lowest BCUT2D eigenvalue weighted by Crippen LogP contribution is -2.52. The molecule has 156 valence electrons. The van der Waals surface area contributed by atoms with Crippen LogP contribution in [0, 0.1) is 0 Å². The van der Waals surface area contributed by atoms with Gasteiger partial charge < -0.3 is 16.0 Å². The van der Waals surface area contributed by atoms with Gasteiger partial charge in [-0.3, -0.25) is 19.7 Å². The molecule has 0 aromatic heterocycles. The maximum absolute atomic E-state index is 13.1. The van der Waals surface area contributed by atoms with E-state index in [9.17, 15) is 14.4 Å². The van der Waals surface area contributed by atoms with Crippen molar-refractivity contribution in [2.75, 3.05) is 0 Å². The summed E-state index contributed by atoms with van der Waals surface area (Å²) in [6.07, 6.45) is 0.627. The summed E-state index contributed by atoms with van der Waals surface area (Å²) in [5.74, 6) is -0.806. The average molecular weight is 406 g/mol. The number of fused-ring (bicyclic) bond motifs is 1. The van der Waals surface area contributed by atoms with Crippen molar-refractivity contribution < 1.29 is 14.4 Å². The number of hydrogen-bond donors (Lipinski definition) is 3. The molecule has 7 nitrogen and oxygen atoms in total. The highest BCUT2D eigenvalue weighted by atomic mass is 16.2. The molecule has 3 amide bonds. The minimum atomic E-state index is -0.591. The van der Waals surface area contributed by atoms with Crippen molar-refractivity contribution in [3.8, 4) is 0 Å². The molecule has 2 atom stereocenters. The van der Waals surface area contributed by atoms with Gasteiger partial charge >= 0.3 is 0 Å². The largest absolute Gasteiger partial charge is 0.324 e. The zero-order chi connectivity index (χ0) is 21.3. The Morgan fingerprint density at radius 1 is 1.13 bits per heavy atom. The normalized spacial score (nSPS) is 19.6. The van der Waals surface area contributed by atoms with Crippen molar-refractivity contribution >= 4 is 17.7 Å². The number of hydrogen-bond acceptors (Lipinski definition) is 5. The number of carbonyl (C=O) groups is 3. The van der Waals surface area contributed by atoms with Gasteiger partial charge in [0.15, 0.2) is 0 Å². The second kappa shape index (κ2) is 8.38. The fraction of sp³-hybridized carbons (Fsp3) is 0.348. The third-order valence-electron chi connectivity index (χ3n) is 5.79. The van der Waals surface area contributed by atoms with Gasteiger partial charge in [0.25, 0.3) is 5.91 Å². The molecule has 2 aromatic carbocycles. The molecule has 0 radical (unpaired) electrons. The standard InChI is InChI=1S/C23H26N4O3/c1-14(24)16-7-5-15(6-8-16)11-25-12-17-3-2-4-18-13-27(23(30)21(17)18)19-9-10-20(28)26-22(19)29/h2-8,14,19,25H,9-13,24H2,1H3,(H,26,28,29)/t14-,19?/m1/s1. The van der Waals surface area contributed by atoms with E-state index >= 15 is 0 Å². The summed E-state index contributed by atoms with van der Waals surface area (Å²) in [4.78, 5) is 38.3. The van der Waals surface area contributed by atoms with E-state index in [4.69, 9.17) is 5.73 Å². The Morgan fingerprint density at radius 3 is 2.60 bits per heavy atom. The molecule has 7 heteroatoms. The fourth-order valence-electron chi connectivity index (χ4n) is 4.12. The first-order valence-electron chi connectivity index (χ1n) is 10.2. The Hall–Kier alpha value is -3.03. The Morgan fingerprint density at radius 2 is 1.90 bits per heavy atom. The Balaban J connectivity index is 1.43. The molecule has 2 aliphatic heterocycles. The minimum absolute atomic E-state index is 0.0113. The quantitative estimate of drug-likeness (QED) is 0.634. The lowest BCUT2D eigenvalue weighted by molar-refractivity contribution is -0.136. The molecule has 2 aromatic rings. The summed E-state index contributed by atoms with van der Waals surface area (Å²) in [6.45, 7) is 3.58. The summed E-state index contributed by atoms with van der Waals surface area (Å²) < 4.78 is 0. The van der Waals surface area contributed by atoms with Gasteiger partial charge in [0.1, 0.15) is 6.04 Å². The van der Waals surface area contributed by atoms with Gasteiger partial charge in [0.05, 0.1) is 0 Å². The highest BCUT2D eigenvalue weighted by molar-refractivity contribution is 6.05. The van der Waals surface area contributed by atoms with Crippen molar-refractivity contribution in [2.45, 2.75) is 51.5 Å². The van der Waals surface area contributed by atoms with Crippen LogP contribution in [0.4, 0.5) is 0 Å². The number of rotatable bonds is 6. The fourth-order valence-corrected chi connectivity index (χ4v) is 4.12. The van der Waals surface area contributed by atoms with Gasteiger partial charge in [-0.2, -0.15) is 0 Å². The molecular formula is C23H26N4O3. The lowest BCUT2D eigenvalue weighted by Gasteiger charge is -2.29. The van der Waals surface area contributed by atoms with Gasteiger partial charge in [-0.25, -0.2) is 0 Å². The van der Waals surface area contributed by atoms with Crippen molar-refractivity contribution in [2.24, 2.45) is 5.73 Å². The first kappa shape index (κ1) is 20.3. The van der Waals surface area contributed by atoms with Gasteiger partial charge in [-0.05, 0) is 35.6 Å². The summed E-state index contributed by atoms with van der Waals surface area (Å²) in [5, 5.41) is 5.74. The molecule has 2 heterocycles. The van der Waals surface area contributed by atoms with Crippen LogP contribution in [-0.2, 0) is 29.2 Å². The number of carbonyl (C=O) groups excluding carboxylic acids is 3. The zero-order valence-electron chi connectivity index (χ0n) is 17.0. The van der Waals surface area contributed by atoms with Crippen LogP contribution in [0.3, 0.4) is 0 Å². The first-order chi connectivity index (χ1) is 14.4. The maximum Gasteiger partial charge on any atom is 0.255 e. The van der Waals surface area contributed by atoms with E-state index in [1.54, 1.807) is 4.90 Å². The monoisotopic (exact) mass is 406 g/mol. The van der Waals surface area contributed by atoms with Crippen molar-refractivity contribution in [1.82, 2.24) is 15.5 Å². The molecule has 1 fully saturated rings. The molecular weight excluding hydrogens is 380 g/mol. The van der Waals surface area contributed by atoms with Crippen LogP contribution < -0.4 is 16.4 Å². The third-order valence-corrected chi connectivity index (χ3v) is 5.79. The highest BCUT2D eigenvalue weighted by Gasteiger charge is 2.39. The molecule has 2 aliphatic rings. The van der Waals surface area contributed by atoms with Gasteiger partial charge in [0, 0.05) is 37.7 Å². The van der Waals surface area contributed by atoms with Crippen molar-refractivity contribution in [3.63, 3.8) is 0 Å². The third kappa shape index (κ3) is 3.99. The van der Waals surface area contributed by atoms with E-state index in [-0.39, 0.29) is 30.2 Å². The molecule has 0 bridgehead atoms. The van der Waals surface area contributed by atoms with Crippen LogP contribution in [0.25, 0.3) is 0 Å². The number of amides is 3. The smallest absolute Gasteiger partial charge is 0.255 e. The first-order valence-corrected chi connectivity index (χ1v) is 10.2. The molecule has 0 spiro atoms. The second-order valence-electron chi connectivity index (χ2n) is 7.99. The molecule has 0 saturated carbocycles. The van der Waals surface area contributed by atoms with E-state index in [1.165, 1.54) is 0 Å². The minimum Gasteiger partial charge on any atom is -0.324 e. The van der Waals surface area contributed by atoms with Crippen LogP contribution in [0.15, 0.2) is 42.5 Å². The van der Waals surface area contributed by atoms with Crippen LogP contribution in [-0.4, -0.2) is 28.7 Å². The molecule has 30 heavy (non-hydrogen) atoms. The Kier molecular flexibility index (Phi) is 5.65. The van der Waals surface area contributed by atoms with E-state index in [0.717, 1.165) is 22.3 Å². The van der Waals surface area contributed by atoms with Crippen molar-refractivity contribution in [3.05, 3.63) is 70.3 Å². The van der Waals surface area contributed by atoms with Gasteiger partial charge in [-0.15, -0.1) is 0 Å². The topological polar surface area (TPSA) is 105 Å². The summed E-state index contributed by atoms with van der Waals surface area (Å²) in [7, 11) is 0. The molecule has 1 unspecified atom stereocenters.